The summed E-state index contributed by atoms with van der Waals surface area (Å²) in [6, 6.07) is 3.62. The highest BCUT2D eigenvalue weighted by Gasteiger charge is 2.00. The average Bonchev–Trinajstić information content (AvgIpc) is 2.50. The number of hydrogen-bond acceptors (Lipinski definition) is 4. The van der Waals surface area contributed by atoms with E-state index >= 15 is 0 Å². The Morgan fingerprint density at radius 2 is 2.33 bits per heavy atom. The van der Waals surface area contributed by atoms with E-state index in [1.54, 1.807) is 11.0 Å². The van der Waals surface area contributed by atoms with Gasteiger partial charge in [0.15, 0.2) is 0 Å². The predicted molar refractivity (Wildman–Crippen MR) is 57.7 cm³/mol. The lowest BCUT2D eigenvalue weighted by molar-refractivity contribution is -0.121. The number of likely N-dealkylation sites (N-methyl/N-ethyl adjacent to an activating group) is 1. The van der Waals surface area contributed by atoms with Gasteiger partial charge in [0.25, 0.3) is 5.91 Å². The molecule has 82 valence electrons. The summed E-state index contributed by atoms with van der Waals surface area (Å²) < 4.78 is 5.24. The van der Waals surface area contributed by atoms with E-state index in [4.69, 9.17) is 4.42 Å². The smallest absolute Gasteiger partial charge is 0.254 e. The van der Waals surface area contributed by atoms with Crippen molar-refractivity contribution in [1.82, 2.24) is 10.3 Å². The van der Waals surface area contributed by atoms with Crippen molar-refractivity contribution in [2.45, 2.75) is 6.92 Å². The van der Waals surface area contributed by atoms with Crippen LogP contribution in [0.4, 0.5) is 0 Å². The van der Waals surface area contributed by atoms with Gasteiger partial charge in [0, 0.05) is 0 Å². The molecule has 1 aromatic heterocycles. The summed E-state index contributed by atoms with van der Waals surface area (Å²) in [6.07, 6.45) is 1.47. The summed E-state index contributed by atoms with van der Waals surface area (Å²) in [7, 11) is 3.64. The zero-order chi connectivity index (χ0) is 11.3. The molecule has 15 heavy (non-hydrogen) atoms. The largest absolute Gasteiger partial charge is 0.460 e. The van der Waals surface area contributed by atoms with E-state index in [0.29, 0.717) is 12.3 Å². The highest BCUT2D eigenvalue weighted by Crippen LogP contribution is 2.02. The molecule has 0 bridgehead atoms. The van der Waals surface area contributed by atoms with E-state index in [-0.39, 0.29) is 5.91 Å². The maximum atomic E-state index is 11.2. The maximum Gasteiger partial charge on any atom is 0.254 e. The zero-order valence-corrected chi connectivity index (χ0v) is 9.15. The van der Waals surface area contributed by atoms with E-state index in [2.05, 4.69) is 10.5 Å². The van der Waals surface area contributed by atoms with Crippen LogP contribution in [0.3, 0.4) is 0 Å². The molecule has 1 heterocycles. The van der Waals surface area contributed by atoms with Gasteiger partial charge in [-0.25, -0.2) is 5.43 Å². The number of carbonyl (C=O) groups is 1. The third-order valence-corrected chi connectivity index (χ3v) is 1.60. The monoisotopic (exact) mass is 209 g/mol. The van der Waals surface area contributed by atoms with Crippen LogP contribution >= 0.6 is 0 Å². The molecule has 0 unspecified atom stereocenters. The molecule has 0 radical (unpaired) electrons. The quantitative estimate of drug-likeness (QED) is 0.583. The second-order valence-corrected chi connectivity index (χ2v) is 3.48. The van der Waals surface area contributed by atoms with E-state index in [1.807, 2.05) is 27.1 Å². The van der Waals surface area contributed by atoms with Gasteiger partial charge < -0.3 is 9.32 Å². The number of hydrogen-bond donors (Lipinski definition) is 1. The Bertz CT molecular complexity index is 355. The van der Waals surface area contributed by atoms with E-state index < -0.39 is 0 Å². The molecular formula is C10H15N3O2. The highest BCUT2D eigenvalue weighted by molar-refractivity contribution is 5.81. The van der Waals surface area contributed by atoms with Gasteiger partial charge in [0.2, 0.25) is 0 Å². The summed E-state index contributed by atoms with van der Waals surface area (Å²) in [5.74, 6) is 1.29. The maximum absolute atomic E-state index is 11.2. The molecule has 0 atom stereocenters. The SMILES string of the molecule is Cc1ccc(/C=N/NC(=O)CN(C)C)o1. The molecule has 5 heteroatoms. The Morgan fingerprint density at radius 1 is 1.60 bits per heavy atom. The lowest BCUT2D eigenvalue weighted by atomic mass is 10.4. The van der Waals surface area contributed by atoms with Crippen LogP contribution in [0.5, 0.6) is 0 Å². The minimum atomic E-state index is -0.153. The first-order valence-electron chi connectivity index (χ1n) is 4.61. The van der Waals surface area contributed by atoms with E-state index in [1.165, 1.54) is 6.21 Å². The Hall–Kier alpha value is -1.62. The molecular weight excluding hydrogens is 194 g/mol. The summed E-state index contributed by atoms with van der Waals surface area (Å²) in [5.41, 5.74) is 2.40. The molecule has 0 aromatic carbocycles. The summed E-state index contributed by atoms with van der Waals surface area (Å²) >= 11 is 0. The number of furan rings is 1. The van der Waals surface area contributed by atoms with Gasteiger partial charge >= 0.3 is 0 Å². The van der Waals surface area contributed by atoms with Crippen LogP contribution in [0, 0.1) is 6.92 Å². The fourth-order valence-corrected chi connectivity index (χ4v) is 1.01. The fraction of sp³-hybridized carbons (Fsp3) is 0.400. The molecule has 1 N–H and O–H groups in total. The topological polar surface area (TPSA) is 57.8 Å². The van der Waals surface area contributed by atoms with Crippen molar-refractivity contribution in [1.29, 1.82) is 0 Å². The molecule has 0 aliphatic rings. The number of nitrogens with zero attached hydrogens (tertiary/aromatic N) is 2. The second-order valence-electron chi connectivity index (χ2n) is 3.48. The Kier molecular flexibility index (Phi) is 4.05. The van der Waals surface area contributed by atoms with Crippen molar-refractivity contribution in [3.05, 3.63) is 23.7 Å². The minimum absolute atomic E-state index is 0.153. The standard InChI is InChI=1S/C10H15N3O2/c1-8-4-5-9(15-8)6-11-12-10(14)7-13(2)3/h4-6H,7H2,1-3H3,(H,12,14)/b11-6+. The summed E-state index contributed by atoms with van der Waals surface area (Å²) in [4.78, 5) is 12.9. The van der Waals surface area contributed by atoms with Crippen LogP contribution < -0.4 is 5.43 Å². The van der Waals surface area contributed by atoms with Gasteiger partial charge in [-0.1, -0.05) is 0 Å². The Labute approximate surface area is 88.8 Å². The Balaban J connectivity index is 2.36. The number of aryl methyl sites for hydroxylation is 1. The van der Waals surface area contributed by atoms with Crippen LogP contribution in [0.2, 0.25) is 0 Å². The van der Waals surface area contributed by atoms with Gasteiger partial charge in [-0.3, -0.25) is 4.79 Å². The third kappa shape index (κ3) is 4.42. The van der Waals surface area contributed by atoms with Gasteiger partial charge in [-0.15, -0.1) is 0 Å². The third-order valence-electron chi connectivity index (χ3n) is 1.60. The normalized spacial score (nSPS) is 11.2. The van der Waals surface area contributed by atoms with E-state index in [0.717, 1.165) is 5.76 Å². The van der Waals surface area contributed by atoms with Crippen LogP contribution in [0.15, 0.2) is 21.7 Å². The van der Waals surface area contributed by atoms with Gasteiger partial charge in [-0.2, -0.15) is 5.10 Å². The minimum Gasteiger partial charge on any atom is -0.460 e. The first-order valence-corrected chi connectivity index (χ1v) is 4.61. The van der Waals surface area contributed by atoms with Crippen LogP contribution in [-0.4, -0.2) is 37.7 Å². The molecule has 0 saturated heterocycles. The first-order chi connectivity index (χ1) is 7.08. The molecule has 1 amide bonds. The van der Waals surface area contributed by atoms with Crippen molar-refractivity contribution in [3.63, 3.8) is 0 Å². The van der Waals surface area contributed by atoms with Crippen molar-refractivity contribution in [2.24, 2.45) is 5.10 Å². The highest BCUT2D eigenvalue weighted by atomic mass is 16.3. The molecule has 0 spiro atoms. The lowest BCUT2D eigenvalue weighted by Gasteiger charge is -2.06. The second kappa shape index (κ2) is 5.31. The van der Waals surface area contributed by atoms with Crippen molar-refractivity contribution in [3.8, 4) is 0 Å². The Morgan fingerprint density at radius 3 is 2.87 bits per heavy atom. The van der Waals surface area contributed by atoms with Gasteiger partial charge in [0.05, 0.1) is 12.8 Å². The van der Waals surface area contributed by atoms with Crippen molar-refractivity contribution < 1.29 is 9.21 Å². The molecule has 0 saturated carbocycles. The van der Waals surface area contributed by atoms with Crippen molar-refractivity contribution >= 4 is 12.1 Å². The van der Waals surface area contributed by atoms with Crippen molar-refractivity contribution in [2.75, 3.05) is 20.6 Å². The first kappa shape index (κ1) is 11.5. The number of amides is 1. The number of carbonyl (C=O) groups excluding carboxylic acids is 1. The van der Waals surface area contributed by atoms with Gasteiger partial charge in [-0.05, 0) is 33.2 Å². The molecule has 0 fully saturated rings. The fourth-order valence-electron chi connectivity index (χ4n) is 1.01. The van der Waals surface area contributed by atoms with E-state index in [9.17, 15) is 4.79 Å². The summed E-state index contributed by atoms with van der Waals surface area (Å²) in [6.45, 7) is 2.16. The molecule has 0 aliphatic carbocycles. The molecule has 1 rings (SSSR count). The predicted octanol–water partition coefficient (Wildman–Crippen LogP) is 0.600. The van der Waals surface area contributed by atoms with Gasteiger partial charge in [0.1, 0.15) is 11.5 Å². The number of hydrazone groups is 1. The summed E-state index contributed by atoms with van der Waals surface area (Å²) in [5, 5.41) is 3.76. The lowest BCUT2D eigenvalue weighted by Crippen LogP contribution is -2.30. The van der Waals surface area contributed by atoms with Crippen LogP contribution in [0.25, 0.3) is 0 Å². The number of nitrogens with one attached hydrogen (secondary N) is 1. The molecule has 5 nitrogen and oxygen atoms in total. The average molecular weight is 209 g/mol. The number of rotatable bonds is 4. The zero-order valence-electron chi connectivity index (χ0n) is 9.15. The molecule has 0 aliphatic heterocycles. The van der Waals surface area contributed by atoms with Crippen LogP contribution in [0.1, 0.15) is 11.5 Å². The molecule has 1 aromatic rings. The van der Waals surface area contributed by atoms with Crippen LogP contribution in [-0.2, 0) is 4.79 Å².